The van der Waals surface area contributed by atoms with Gasteiger partial charge in [-0.15, -0.1) is 0 Å². The van der Waals surface area contributed by atoms with Gasteiger partial charge in [-0.3, -0.25) is 4.99 Å². The van der Waals surface area contributed by atoms with Crippen molar-refractivity contribution in [3.8, 4) is 0 Å². The summed E-state index contributed by atoms with van der Waals surface area (Å²) >= 11 is 0. The van der Waals surface area contributed by atoms with Crippen LogP contribution >= 0.6 is 0 Å². The van der Waals surface area contributed by atoms with Crippen LogP contribution in [0, 0.1) is 0 Å². The van der Waals surface area contributed by atoms with Crippen LogP contribution in [0.25, 0.3) is 0 Å². The first-order valence-electron chi connectivity index (χ1n) is 3.61. The molecule has 0 atom stereocenters. The number of nitrogens with zero attached hydrogens (tertiary/aromatic N) is 1. The highest BCUT2D eigenvalue weighted by molar-refractivity contribution is 7.93. The summed E-state index contributed by atoms with van der Waals surface area (Å²) in [5, 5.41) is 4.39. The van der Waals surface area contributed by atoms with Gasteiger partial charge in [0.15, 0.2) is 0 Å². The maximum Gasteiger partial charge on any atom is 0.253 e. The molecule has 0 aromatic rings. The third-order valence-electron chi connectivity index (χ3n) is 1.44. The van der Waals surface area contributed by atoms with Crippen molar-refractivity contribution >= 4 is 15.7 Å². The Bertz CT molecular complexity index is 344. The second-order valence-electron chi connectivity index (χ2n) is 2.52. The largest absolute Gasteiger partial charge is 0.388 e. The smallest absolute Gasteiger partial charge is 0.253 e. The van der Waals surface area contributed by atoms with E-state index in [1.165, 1.54) is 6.08 Å². The Kier molecular flexibility index (Phi) is 3.02. The van der Waals surface area contributed by atoms with Crippen molar-refractivity contribution in [1.29, 1.82) is 0 Å². The highest BCUT2D eigenvalue weighted by Gasteiger charge is 2.09. The topological polar surface area (TPSA) is 108 Å². The molecule has 0 aromatic carbocycles. The number of aliphatic imine (C=N–C) groups is 1. The fourth-order valence-electron chi connectivity index (χ4n) is 0.810. The fraction of sp³-hybridized carbons (Fsp3) is 0.500. The minimum atomic E-state index is -3.80. The molecule has 1 heterocycles. The lowest BCUT2D eigenvalue weighted by Crippen LogP contribution is -2.24. The zero-order valence-corrected chi connectivity index (χ0v) is 7.75. The zero-order valence-electron chi connectivity index (χ0n) is 6.93. The van der Waals surface area contributed by atoms with Crippen LogP contribution in [-0.4, -0.2) is 33.9 Å². The van der Waals surface area contributed by atoms with E-state index in [1.54, 1.807) is 0 Å². The molecule has 0 spiro atoms. The van der Waals surface area contributed by atoms with E-state index in [1.807, 2.05) is 0 Å². The van der Waals surface area contributed by atoms with Gasteiger partial charge in [-0.25, -0.2) is 13.6 Å². The number of sulfonamides is 1. The predicted molar refractivity (Wildman–Crippen MR) is 48.5 cm³/mol. The molecule has 0 saturated heterocycles. The van der Waals surface area contributed by atoms with E-state index in [4.69, 9.17) is 15.6 Å². The molecule has 1 aliphatic heterocycles. The number of ether oxygens (including phenoxy) is 1. The summed E-state index contributed by atoms with van der Waals surface area (Å²) in [6, 6.07) is 0. The Balaban J connectivity index is 2.81. The molecular formula is C6H11N3O3S. The van der Waals surface area contributed by atoms with Crippen molar-refractivity contribution in [3.05, 3.63) is 11.1 Å². The van der Waals surface area contributed by atoms with Crippen molar-refractivity contribution in [2.45, 2.75) is 0 Å². The van der Waals surface area contributed by atoms with Crippen LogP contribution in [0.2, 0.25) is 0 Å². The highest BCUT2D eigenvalue weighted by Crippen LogP contribution is 1.98. The first kappa shape index (κ1) is 10.2. The highest BCUT2D eigenvalue weighted by atomic mass is 32.2. The van der Waals surface area contributed by atoms with Crippen LogP contribution in [0.1, 0.15) is 0 Å². The number of nitrogens with two attached hydrogens (primary N) is 2. The van der Waals surface area contributed by atoms with Gasteiger partial charge in [0.2, 0.25) is 0 Å². The summed E-state index contributed by atoms with van der Waals surface area (Å²) in [4.78, 5) is 4.00. The van der Waals surface area contributed by atoms with E-state index in [9.17, 15) is 8.42 Å². The Labute approximate surface area is 76.3 Å². The van der Waals surface area contributed by atoms with Gasteiger partial charge in [-0.2, -0.15) is 0 Å². The van der Waals surface area contributed by atoms with Crippen LogP contribution in [0.15, 0.2) is 16.1 Å². The van der Waals surface area contributed by atoms with Crippen molar-refractivity contribution in [1.82, 2.24) is 0 Å². The van der Waals surface area contributed by atoms with Gasteiger partial charge in [0.1, 0.15) is 5.03 Å². The minimum absolute atomic E-state index is 0.274. The third-order valence-corrected chi connectivity index (χ3v) is 2.21. The first-order valence-corrected chi connectivity index (χ1v) is 5.16. The maximum absolute atomic E-state index is 10.7. The van der Waals surface area contributed by atoms with Gasteiger partial charge in [0.25, 0.3) is 10.0 Å². The molecule has 13 heavy (non-hydrogen) atoms. The minimum Gasteiger partial charge on any atom is -0.388 e. The van der Waals surface area contributed by atoms with Gasteiger partial charge in [0, 0.05) is 0 Å². The molecule has 0 unspecified atom stereocenters. The van der Waals surface area contributed by atoms with E-state index in [2.05, 4.69) is 4.99 Å². The van der Waals surface area contributed by atoms with Crippen LogP contribution in [0.4, 0.5) is 0 Å². The van der Waals surface area contributed by atoms with Gasteiger partial charge >= 0.3 is 0 Å². The normalized spacial score (nSPS) is 19.8. The summed E-state index contributed by atoms with van der Waals surface area (Å²) in [6.07, 6.45) is 1.22. The molecule has 0 radical (unpaired) electrons. The van der Waals surface area contributed by atoms with Crippen LogP contribution in [-0.2, 0) is 14.8 Å². The Morgan fingerprint density at radius 1 is 1.62 bits per heavy atom. The summed E-state index contributed by atoms with van der Waals surface area (Å²) in [7, 11) is -3.80. The summed E-state index contributed by atoms with van der Waals surface area (Å²) < 4.78 is 26.4. The van der Waals surface area contributed by atoms with E-state index >= 15 is 0 Å². The second-order valence-corrected chi connectivity index (χ2v) is 4.08. The van der Waals surface area contributed by atoms with E-state index < -0.39 is 15.1 Å². The molecule has 6 nitrogen and oxygen atoms in total. The SMILES string of the molecule is N/C(=C\C1=NCCOC1)S(N)(=O)=O. The van der Waals surface area contributed by atoms with Crippen molar-refractivity contribution in [3.63, 3.8) is 0 Å². The van der Waals surface area contributed by atoms with Gasteiger partial charge in [-0.1, -0.05) is 0 Å². The van der Waals surface area contributed by atoms with Gasteiger partial charge in [0.05, 0.1) is 25.5 Å². The molecule has 74 valence electrons. The maximum atomic E-state index is 10.7. The molecule has 0 amide bonds. The van der Waals surface area contributed by atoms with Crippen molar-refractivity contribution in [2.75, 3.05) is 19.8 Å². The van der Waals surface area contributed by atoms with Crippen molar-refractivity contribution in [2.24, 2.45) is 15.9 Å². The Morgan fingerprint density at radius 2 is 2.31 bits per heavy atom. The van der Waals surface area contributed by atoms with Gasteiger partial charge in [-0.05, 0) is 6.08 Å². The number of hydrogen-bond donors (Lipinski definition) is 2. The third kappa shape index (κ3) is 3.13. The van der Waals surface area contributed by atoms with Crippen LogP contribution in [0.3, 0.4) is 0 Å². The molecular weight excluding hydrogens is 194 g/mol. The van der Waals surface area contributed by atoms with Gasteiger partial charge < -0.3 is 10.5 Å². The predicted octanol–water partition coefficient (Wildman–Crippen LogP) is -1.45. The second kappa shape index (κ2) is 3.86. The molecule has 7 heteroatoms. The average molecular weight is 205 g/mol. The summed E-state index contributed by atoms with van der Waals surface area (Å²) in [6.45, 7) is 1.34. The molecule has 1 aliphatic rings. The number of rotatable bonds is 2. The zero-order chi connectivity index (χ0) is 9.90. The molecule has 0 bridgehead atoms. The first-order chi connectivity index (χ1) is 6.00. The molecule has 0 saturated carbocycles. The van der Waals surface area contributed by atoms with Crippen molar-refractivity contribution < 1.29 is 13.2 Å². The lowest BCUT2D eigenvalue weighted by Gasteiger charge is -2.09. The molecule has 0 fully saturated rings. The quantitative estimate of drug-likeness (QED) is 0.574. The molecule has 0 aliphatic carbocycles. The summed E-state index contributed by atoms with van der Waals surface area (Å²) in [5.41, 5.74) is 5.69. The van der Waals surface area contributed by atoms with E-state index in [-0.39, 0.29) is 6.61 Å². The van der Waals surface area contributed by atoms with E-state index in [0.717, 1.165) is 0 Å². The van der Waals surface area contributed by atoms with Crippen LogP contribution in [0.5, 0.6) is 0 Å². The number of hydrogen-bond acceptors (Lipinski definition) is 5. The Hall–Kier alpha value is -0.920. The molecule has 0 aromatic heterocycles. The lowest BCUT2D eigenvalue weighted by atomic mass is 10.3. The van der Waals surface area contributed by atoms with Crippen LogP contribution < -0.4 is 10.9 Å². The van der Waals surface area contributed by atoms with E-state index in [0.29, 0.717) is 18.9 Å². The fourth-order valence-corrected chi connectivity index (χ4v) is 1.11. The Morgan fingerprint density at radius 3 is 2.77 bits per heavy atom. The molecule has 4 N–H and O–H groups in total. The number of primary sulfonamides is 1. The summed E-state index contributed by atoms with van der Waals surface area (Å²) in [5.74, 6) is 0. The standard InChI is InChI=1S/C6H11N3O3S/c7-6(13(8,10)11)3-5-4-12-2-1-9-5/h3H,1-2,4,7H2,(H2,8,10,11)/b6-3+. The lowest BCUT2D eigenvalue weighted by molar-refractivity contribution is 0.171. The monoisotopic (exact) mass is 205 g/mol. The average Bonchev–Trinajstić information content (AvgIpc) is 2.04. The molecule has 1 rings (SSSR count).